The summed E-state index contributed by atoms with van der Waals surface area (Å²) in [6.45, 7) is 0.143. The van der Waals surface area contributed by atoms with Crippen molar-refractivity contribution in [2.24, 2.45) is 0 Å². The number of nitrogens with one attached hydrogen (secondary N) is 2. The SMILES string of the molecule is CS(=O)NCc1ccc(NC(=O)Oc2ccccc2)cc1F. The second-order valence-corrected chi connectivity index (χ2v) is 5.61. The number of ether oxygens (including phenoxy) is 1. The number of amides is 1. The summed E-state index contributed by atoms with van der Waals surface area (Å²) in [7, 11) is -1.22. The molecule has 2 aromatic rings. The highest BCUT2D eigenvalue weighted by molar-refractivity contribution is 7.82. The molecule has 2 rings (SSSR count). The van der Waals surface area contributed by atoms with Crippen LogP contribution in [-0.2, 0) is 17.5 Å². The lowest BCUT2D eigenvalue weighted by molar-refractivity contribution is 0.215. The van der Waals surface area contributed by atoms with E-state index in [0.717, 1.165) is 0 Å². The van der Waals surface area contributed by atoms with E-state index in [4.69, 9.17) is 4.74 Å². The van der Waals surface area contributed by atoms with Crippen molar-refractivity contribution < 1.29 is 18.1 Å². The summed E-state index contributed by atoms with van der Waals surface area (Å²) < 4.78 is 32.4. The number of hydrogen-bond donors (Lipinski definition) is 2. The highest BCUT2D eigenvalue weighted by Gasteiger charge is 2.08. The van der Waals surface area contributed by atoms with Crippen LogP contribution < -0.4 is 14.8 Å². The first-order valence-corrected chi connectivity index (χ1v) is 7.99. The highest BCUT2D eigenvalue weighted by atomic mass is 32.2. The van der Waals surface area contributed by atoms with Gasteiger partial charge in [-0.05, 0) is 24.3 Å². The van der Waals surface area contributed by atoms with E-state index >= 15 is 0 Å². The number of para-hydroxylation sites is 1. The molecule has 1 unspecified atom stereocenters. The predicted molar refractivity (Wildman–Crippen MR) is 83.4 cm³/mol. The van der Waals surface area contributed by atoms with E-state index in [9.17, 15) is 13.4 Å². The number of hydrogen-bond acceptors (Lipinski definition) is 3. The summed E-state index contributed by atoms with van der Waals surface area (Å²) in [6, 6.07) is 12.8. The molecule has 2 aromatic carbocycles. The molecule has 0 bridgehead atoms. The fourth-order valence-electron chi connectivity index (χ4n) is 1.69. The number of halogens is 1. The van der Waals surface area contributed by atoms with Gasteiger partial charge in [-0.15, -0.1) is 0 Å². The van der Waals surface area contributed by atoms with Crippen LogP contribution in [0.3, 0.4) is 0 Å². The number of carbonyl (C=O) groups excluding carboxylic acids is 1. The Morgan fingerprint density at radius 3 is 2.59 bits per heavy atom. The van der Waals surface area contributed by atoms with Gasteiger partial charge in [-0.1, -0.05) is 24.3 Å². The Labute approximate surface area is 130 Å². The van der Waals surface area contributed by atoms with E-state index < -0.39 is 22.9 Å². The van der Waals surface area contributed by atoms with E-state index in [2.05, 4.69) is 10.0 Å². The first kappa shape index (κ1) is 16.1. The monoisotopic (exact) mass is 322 g/mol. The van der Waals surface area contributed by atoms with Crippen molar-refractivity contribution in [3.8, 4) is 5.75 Å². The lowest BCUT2D eigenvalue weighted by Crippen LogP contribution is -2.18. The Balaban J connectivity index is 1.97. The van der Waals surface area contributed by atoms with Crippen LogP contribution >= 0.6 is 0 Å². The molecule has 0 spiro atoms. The van der Waals surface area contributed by atoms with Crippen LogP contribution in [-0.4, -0.2) is 16.6 Å². The van der Waals surface area contributed by atoms with Crippen molar-refractivity contribution in [3.05, 3.63) is 59.9 Å². The van der Waals surface area contributed by atoms with Gasteiger partial charge in [0, 0.05) is 24.1 Å². The van der Waals surface area contributed by atoms with Gasteiger partial charge in [-0.25, -0.2) is 18.1 Å². The zero-order valence-corrected chi connectivity index (χ0v) is 12.7. The third-order valence-electron chi connectivity index (χ3n) is 2.72. The Kier molecular flexibility index (Phi) is 5.62. The van der Waals surface area contributed by atoms with E-state index in [-0.39, 0.29) is 12.2 Å². The number of rotatable bonds is 5. The molecule has 7 heteroatoms. The minimum absolute atomic E-state index is 0.143. The molecule has 1 atom stereocenters. The number of benzene rings is 2. The van der Waals surface area contributed by atoms with E-state index in [0.29, 0.717) is 11.3 Å². The maximum atomic E-state index is 13.8. The van der Waals surface area contributed by atoms with Crippen molar-refractivity contribution in [2.45, 2.75) is 6.54 Å². The van der Waals surface area contributed by atoms with Crippen molar-refractivity contribution in [2.75, 3.05) is 11.6 Å². The standard InChI is InChI=1S/C15H15FN2O3S/c1-22(20)17-10-11-7-8-12(9-14(11)16)18-15(19)21-13-5-3-2-4-6-13/h2-9,17H,10H2,1H3,(H,18,19). The van der Waals surface area contributed by atoms with E-state index in [1.807, 2.05) is 0 Å². The lowest BCUT2D eigenvalue weighted by atomic mass is 10.2. The Hall–Kier alpha value is -2.25. The largest absolute Gasteiger partial charge is 0.417 e. The third kappa shape index (κ3) is 4.94. The predicted octanol–water partition coefficient (Wildman–Crippen LogP) is 2.82. The molecule has 2 N–H and O–H groups in total. The van der Waals surface area contributed by atoms with Crippen LogP contribution in [0, 0.1) is 5.82 Å². The van der Waals surface area contributed by atoms with Gasteiger partial charge in [-0.3, -0.25) is 5.32 Å². The van der Waals surface area contributed by atoms with Crippen LogP contribution in [0.25, 0.3) is 0 Å². The second kappa shape index (κ2) is 7.67. The van der Waals surface area contributed by atoms with E-state index in [1.54, 1.807) is 36.4 Å². The van der Waals surface area contributed by atoms with Crippen molar-refractivity contribution >= 4 is 22.8 Å². The second-order valence-electron chi connectivity index (χ2n) is 4.41. The lowest BCUT2D eigenvalue weighted by Gasteiger charge is -2.08. The molecule has 22 heavy (non-hydrogen) atoms. The molecule has 0 aliphatic rings. The van der Waals surface area contributed by atoms with Gasteiger partial charge in [-0.2, -0.15) is 0 Å². The average molecular weight is 322 g/mol. The van der Waals surface area contributed by atoms with Crippen LogP contribution in [0.4, 0.5) is 14.9 Å². The third-order valence-corrected chi connectivity index (χ3v) is 3.27. The maximum Gasteiger partial charge on any atom is 0.417 e. The van der Waals surface area contributed by atoms with Crippen molar-refractivity contribution in [1.29, 1.82) is 0 Å². The molecular formula is C15H15FN2O3S. The summed E-state index contributed by atoms with van der Waals surface area (Å²) in [5.74, 6) is -0.109. The van der Waals surface area contributed by atoms with Gasteiger partial charge in [0.05, 0.1) is 11.0 Å². The molecule has 5 nitrogen and oxygen atoms in total. The molecule has 0 aliphatic heterocycles. The fourth-order valence-corrected chi connectivity index (χ4v) is 2.05. The van der Waals surface area contributed by atoms with Crippen LogP contribution in [0.5, 0.6) is 5.75 Å². The van der Waals surface area contributed by atoms with Gasteiger partial charge in [0.15, 0.2) is 0 Å². The molecule has 0 heterocycles. The molecule has 1 amide bonds. The average Bonchev–Trinajstić information content (AvgIpc) is 2.47. The first-order chi connectivity index (χ1) is 10.5. The van der Waals surface area contributed by atoms with Gasteiger partial charge in [0.2, 0.25) is 0 Å². The summed E-state index contributed by atoms with van der Waals surface area (Å²) in [5.41, 5.74) is 0.636. The fraction of sp³-hybridized carbons (Fsp3) is 0.133. The molecule has 0 aromatic heterocycles. The summed E-state index contributed by atoms with van der Waals surface area (Å²) in [5, 5.41) is 2.44. The minimum Gasteiger partial charge on any atom is -0.410 e. The minimum atomic E-state index is -1.22. The van der Waals surface area contributed by atoms with Gasteiger partial charge >= 0.3 is 6.09 Å². The molecule has 0 saturated carbocycles. The maximum absolute atomic E-state index is 13.8. The number of carbonyl (C=O) groups is 1. The van der Waals surface area contributed by atoms with E-state index in [1.165, 1.54) is 18.4 Å². The normalized spacial score (nSPS) is 11.7. The highest BCUT2D eigenvalue weighted by Crippen LogP contribution is 2.16. The quantitative estimate of drug-likeness (QED) is 0.889. The number of anilines is 1. The molecule has 0 saturated heterocycles. The van der Waals surface area contributed by atoms with Crippen molar-refractivity contribution in [1.82, 2.24) is 4.72 Å². The summed E-state index contributed by atoms with van der Waals surface area (Å²) in [4.78, 5) is 11.7. The molecule has 0 aliphatic carbocycles. The summed E-state index contributed by atoms with van der Waals surface area (Å²) in [6.07, 6.45) is 0.763. The van der Waals surface area contributed by atoms with Gasteiger partial charge < -0.3 is 4.74 Å². The Morgan fingerprint density at radius 1 is 1.23 bits per heavy atom. The zero-order valence-electron chi connectivity index (χ0n) is 11.8. The van der Waals surface area contributed by atoms with Gasteiger partial charge in [0.1, 0.15) is 11.6 Å². The molecule has 0 fully saturated rings. The van der Waals surface area contributed by atoms with Gasteiger partial charge in [0.25, 0.3) is 0 Å². The Morgan fingerprint density at radius 2 is 1.95 bits per heavy atom. The topological polar surface area (TPSA) is 67.4 Å². The van der Waals surface area contributed by atoms with Crippen LogP contribution in [0.1, 0.15) is 5.56 Å². The molecule has 116 valence electrons. The Bertz CT molecular complexity index is 680. The first-order valence-electron chi connectivity index (χ1n) is 6.44. The van der Waals surface area contributed by atoms with Crippen LogP contribution in [0.15, 0.2) is 48.5 Å². The molecular weight excluding hydrogens is 307 g/mol. The molecule has 0 radical (unpaired) electrons. The zero-order chi connectivity index (χ0) is 15.9. The summed E-state index contributed by atoms with van der Waals surface area (Å²) >= 11 is 0. The van der Waals surface area contributed by atoms with Crippen molar-refractivity contribution in [3.63, 3.8) is 0 Å². The van der Waals surface area contributed by atoms with Crippen LogP contribution in [0.2, 0.25) is 0 Å². The smallest absolute Gasteiger partial charge is 0.410 e.